The fourth-order valence-corrected chi connectivity index (χ4v) is 1.60. The standard InChI is InChI=1S/C11H20N2O2S/c1-5-16-7-9-12-10(15-13-9)6-8(14)11(2,3)4/h8,14H,5-7H2,1-4H3. The Labute approximate surface area is 101 Å². The van der Waals surface area contributed by atoms with Crippen molar-refractivity contribution in [1.82, 2.24) is 10.1 Å². The quantitative estimate of drug-likeness (QED) is 0.861. The largest absolute Gasteiger partial charge is 0.392 e. The number of aromatic nitrogens is 2. The topological polar surface area (TPSA) is 59.2 Å². The van der Waals surface area contributed by atoms with Crippen molar-refractivity contribution in [3.63, 3.8) is 0 Å². The number of rotatable bonds is 5. The van der Waals surface area contributed by atoms with Crippen LogP contribution in [0.1, 0.15) is 39.4 Å². The van der Waals surface area contributed by atoms with Gasteiger partial charge in [-0.1, -0.05) is 32.9 Å². The number of hydrogen-bond donors (Lipinski definition) is 1. The summed E-state index contributed by atoms with van der Waals surface area (Å²) in [5.74, 6) is 3.04. The van der Waals surface area contributed by atoms with Gasteiger partial charge in [-0.25, -0.2) is 0 Å². The molecule has 1 unspecified atom stereocenters. The lowest BCUT2D eigenvalue weighted by molar-refractivity contribution is 0.0565. The predicted molar refractivity (Wildman–Crippen MR) is 65.3 cm³/mol. The SMILES string of the molecule is CCSCc1noc(CC(O)C(C)(C)C)n1. The van der Waals surface area contributed by atoms with Gasteiger partial charge in [0.2, 0.25) is 5.89 Å². The fraction of sp³-hybridized carbons (Fsp3) is 0.818. The van der Waals surface area contributed by atoms with Gasteiger partial charge in [0.15, 0.2) is 5.82 Å². The Bertz CT molecular complexity index is 320. The van der Waals surface area contributed by atoms with Crippen molar-refractivity contribution < 1.29 is 9.63 Å². The van der Waals surface area contributed by atoms with Crippen molar-refractivity contribution in [2.75, 3.05) is 5.75 Å². The summed E-state index contributed by atoms with van der Waals surface area (Å²) in [5, 5.41) is 13.8. The van der Waals surface area contributed by atoms with Crippen molar-refractivity contribution in [3.05, 3.63) is 11.7 Å². The molecule has 92 valence electrons. The fourth-order valence-electron chi connectivity index (χ4n) is 1.10. The zero-order chi connectivity index (χ0) is 12.2. The van der Waals surface area contributed by atoms with Crippen LogP contribution in [0, 0.1) is 5.41 Å². The molecule has 0 saturated heterocycles. The van der Waals surface area contributed by atoms with E-state index < -0.39 is 6.10 Å². The second-order valence-corrected chi connectivity index (χ2v) is 6.10. The van der Waals surface area contributed by atoms with Crippen LogP contribution in [0.2, 0.25) is 0 Å². The highest BCUT2D eigenvalue weighted by molar-refractivity contribution is 7.98. The van der Waals surface area contributed by atoms with E-state index >= 15 is 0 Å². The molecule has 0 aliphatic rings. The maximum atomic E-state index is 9.89. The first-order valence-corrected chi connectivity index (χ1v) is 6.66. The van der Waals surface area contributed by atoms with Crippen LogP contribution in [0.5, 0.6) is 0 Å². The molecule has 0 aliphatic heterocycles. The van der Waals surface area contributed by atoms with E-state index in [2.05, 4.69) is 17.1 Å². The van der Waals surface area contributed by atoms with Crippen LogP contribution < -0.4 is 0 Å². The summed E-state index contributed by atoms with van der Waals surface area (Å²) in [6.45, 7) is 8.06. The van der Waals surface area contributed by atoms with Crippen LogP contribution >= 0.6 is 11.8 Å². The van der Waals surface area contributed by atoms with E-state index in [1.165, 1.54) is 0 Å². The van der Waals surface area contributed by atoms with E-state index in [9.17, 15) is 5.11 Å². The molecule has 0 bridgehead atoms. The number of nitrogens with zero attached hydrogens (tertiary/aromatic N) is 2. The monoisotopic (exact) mass is 244 g/mol. The van der Waals surface area contributed by atoms with Gasteiger partial charge >= 0.3 is 0 Å². The third-order valence-electron chi connectivity index (χ3n) is 2.31. The van der Waals surface area contributed by atoms with Gasteiger partial charge in [0.05, 0.1) is 18.3 Å². The first-order chi connectivity index (χ1) is 7.43. The second kappa shape index (κ2) is 5.68. The van der Waals surface area contributed by atoms with Crippen LogP contribution in [-0.4, -0.2) is 27.1 Å². The van der Waals surface area contributed by atoms with Gasteiger partial charge in [-0.2, -0.15) is 16.7 Å². The average Bonchev–Trinajstić information content (AvgIpc) is 2.61. The van der Waals surface area contributed by atoms with Crippen molar-refractivity contribution in [2.24, 2.45) is 5.41 Å². The third kappa shape index (κ3) is 4.14. The summed E-state index contributed by atoms with van der Waals surface area (Å²) in [7, 11) is 0. The molecule has 1 N–H and O–H groups in total. The van der Waals surface area contributed by atoms with Gasteiger partial charge in [-0.3, -0.25) is 0 Å². The molecule has 0 fully saturated rings. The Morgan fingerprint density at radius 3 is 2.69 bits per heavy atom. The lowest BCUT2D eigenvalue weighted by atomic mass is 9.87. The highest BCUT2D eigenvalue weighted by Gasteiger charge is 2.24. The number of thioether (sulfide) groups is 1. The molecule has 4 nitrogen and oxygen atoms in total. The minimum Gasteiger partial charge on any atom is -0.392 e. The molecule has 0 radical (unpaired) electrons. The molecular weight excluding hydrogens is 224 g/mol. The summed E-state index contributed by atoms with van der Waals surface area (Å²) < 4.78 is 5.09. The van der Waals surface area contributed by atoms with Gasteiger partial charge in [-0.05, 0) is 11.2 Å². The van der Waals surface area contributed by atoms with E-state index in [4.69, 9.17) is 4.52 Å². The van der Waals surface area contributed by atoms with E-state index in [-0.39, 0.29) is 5.41 Å². The molecule has 0 amide bonds. The smallest absolute Gasteiger partial charge is 0.229 e. The number of aliphatic hydroxyl groups is 1. The second-order valence-electron chi connectivity index (χ2n) is 4.83. The van der Waals surface area contributed by atoms with E-state index in [1.54, 1.807) is 11.8 Å². The molecule has 1 rings (SSSR count). The molecule has 1 heterocycles. The highest BCUT2D eigenvalue weighted by Crippen LogP contribution is 2.22. The van der Waals surface area contributed by atoms with Crippen LogP contribution in [0.3, 0.4) is 0 Å². The van der Waals surface area contributed by atoms with Crippen molar-refractivity contribution in [3.8, 4) is 0 Å². The maximum absolute atomic E-state index is 9.89. The maximum Gasteiger partial charge on any atom is 0.229 e. The molecule has 1 aromatic heterocycles. The Morgan fingerprint density at radius 2 is 2.12 bits per heavy atom. The van der Waals surface area contributed by atoms with Crippen molar-refractivity contribution >= 4 is 11.8 Å². The Balaban J connectivity index is 2.52. The summed E-state index contributed by atoms with van der Waals surface area (Å²) in [5.41, 5.74) is -0.160. The normalized spacial score (nSPS) is 14.1. The lowest BCUT2D eigenvalue weighted by Gasteiger charge is -2.24. The van der Waals surface area contributed by atoms with Crippen LogP contribution in [0.4, 0.5) is 0 Å². The molecule has 5 heteroatoms. The first-order valence-electron chi connectivity index (χ1n) is 5.50. The Kier molecular flexibility index (Phi) is 4.80. The zero-order valence-corrected chi connectivity index (χ0v) is 11.2. The number of hydrogen-bond acceptors (Lipinski definition) is 5. The van der Waals surface area contributed by atoms with Gasteiger partial charge in [-0.15, -0.1) is 0 Å². The van der Waals surface area contributed by atoms with Crippen LogP contribution in [-0.2, 0) is 12.2 Å². The lowest BCUT2D eigenvalue weighted by Crippen LogP contribution is -2.28. The average molecular weight is 244 g/mol. The van der Waals surface area contributed by atoms with E-state index in [0.717, 1.165) is 11.5 Å². The van der Waals surface area contributed by atoms with Gasteiger partial charge in [0.1, 0.15) is 0 Å². The summed E-state index contributed by atoms with van der Waals surface area (Å²) in [4.78, 5) is 4.24. The summed E-state index contributed by atoms with van der Waals surface area (Å²) in [6.07, 6.45) is -0.0348. The minimum atomic E-state index is -0.459. The number of aliphatic hydroxyl groups excluding tert-OH is 1. The molecule has 1 aromatic rings. The molecule has 0 aliphatic carbocycles. The molecule has 1 atom stereocenters. The summed E-state index contributed by atoms with van der Waals surface area (Å²) in [6, 6.07) is 0. The molecule has 0 saturated carbocycles. The third-order valence-corrected chi connectivity index (χ3v) is 3.18. The molecular formula is C11H20N2O2S. The highest BCUT2D eigenvalue weighted by atomic mass is 32.2. The van der Waals surface area contributed by atoms with Crippen LogP contribution in [0.15, 0.2) is 4.52 Å². The molecule has 0 aromatic carbocycles. The van der Waals surface area contributed by atoms with Crippen LogP contribution in [0.25, 0.3) is 0 Å². The zero-order valence-electron chi connectivity index (χ0n) is 10.4. The van der Waals surface area contributed by atoms with Crippen molar-refractivity contribution in [2.45, 2.75) is 46.0 Å². The van der Waals surface area contributed by atoms with E-state index in [0.29, 0.717) is 18.1 Å². The summed E-state index contributed by atoms with van der Waals surface area (Å²) >= 11 is 1.75. The van der Waals surface area contributed by atoms with Gasteiger partial charge in [0.25, 0.3) is 0 Å². The molecule has 16 heavy (non-hydrogen) atoms. The Hall–Kier alpha value is -0.550. The van der Waals surface area contributed by atoms with E-state index in [1.807, 2.05) is 20.8 Å². The predicted octanol–water partition coefficient (Wildman–Crippen LogP) is 2.27. The first kappa shape index (κ1) is 13.5. The van der Waals surface area contributed by atoms with Gasteiger partial charge < -0.3 is 9.63 Å². The Morgan fingerprint density at radius 1 is 1.44 bits per heavy atom. The minimum absolute atomic E-state index is 0.160. The van der Waals surface area contributed by atoms with Gasteiger partial charge in [0, 0.05) is 0 Å². The molecule has 0 spiro atoms. The van der Waals surface area contributed by atoms with Crippen molar-refractivity contribution in [1.29, 1.82) is 0 Å².